The summed E-state index contributed by atoms with van der Waals surface area (Å²) in [5.74, 6) is -0.707. The molecule has 0 radical (unpaired) electrons. The fraction of sp³-hybridized carbons (Fsp3) is 0.143. The van der Waals surface area contributed by atoms with Crippen molar-refractivity contribution in [3.05, 3.63) is 53.5 Å². The van der Waals surface area contributed by atoms with Crippen molar-refractivity contribution in [2.45, 2.75) is 6.42 Å². The number of hydrogen-bond donors (Lipinski definition) is 2. The van der Waals surface area contributed by atoms with Gasteiger partial charge in [-0.1, -0.05) is 12.1 Å². The monoisotopic (exact) mass is 257 g/mol. The maximum Gasteiger partial charge on any atom is 0.256 e. The molecule has 0 unspecified atom stereocenters. The van der Waals surface area contributed by atoms with Crippen LogP contribution >= 0.6 is 0 Å². The van der Waals surface area contributed by atoms with Gasteiger partial charge in [-0.15, -0.1) is 0 Å². The highest BCUT2D eigenvalue weighted by Gasteiger charge is 2.13. The molecule has 19 heavy (non-hydrogen) atoms. The van der Waals surface area contributed by atoms with E-state index < -0.39 is 5.95 Å². The predicted octanol–water partition coefficient (Wildman–Crippen LogP) is 2.44. The molecule has 1 aromatic carbocycles. The third kappa shape index (κ3) is 2.40. The highest BCUT2D eigenvalue weighted by Crippen LogP contribution is 2.23. The Kier molecular flexibility index (Phi) is 2.87. The molecule has 3 rings (SSSR count). The van der Waals surface area contributed by atoms with Gasteiger partial charge < -0.3 is 10.6 Å². The van der Waals surface area contributed by atoms with Crippen molar-refractivity contribution in [1.29, 1.82) is 0 Å². The molecule has 0 aliphatic carbocycles. The van der Waals surface area contributed by atoms with Gasteiger partial charge in [-0.3, -0.25) is 4.79 Å². The first-order chi connectivity index (χ1) is 9.22. The van der Waals surface area contributed by atoms with Crippen LogP contribution in [-0.4, -0.2) is 17.4 Å². The Morgan fingerprint density at radius 2 is 2.21 bits per heavy atom. The molecular weight excluding hydrogens is 245 g/mol. The van der Waals surface area contributed by atoms with E-state index in [4.69, 9.17) is 0 Å². The lowest BCUT2D eigenvalue weighted by Gasteiger charge is -2.06. The standard InChI is InChI=1S/C14H12FN3O/c15-12-2-1-3-13(17-12)18-14(19)10-5-4-9-6-7-16-11(9)8-10/h1-5,8,16H,6-7H2,(H,17,18,19). The number of halogens is 1. The summed E-state index contributed by atoms with van der Waals surface area (Å²) >= 11 is 0. The minimum atomic E-state index is -0.617. The average Bonchev–Trinajstić information content (AvgIpc) is 2.85. The number of anilines is 2. The van der Waals surface area contributed by atoms with Gasteiger partial charge >= 0.3 is 0 Å². The number of pyridine rings is 1. The van der Waals surface area contributed by atoms with Crippen LogP contribution in [0.3, 0.4) is 0 Å². The minimum Gasteiger partial charge on any atom is -0.384 e. The SMILES string of the molecule is O=C(Nc1cccc(F)n1)c1ccc2c(c1)NCC2. The van der Waals surface area contributed by atoms with Gasteiger partial charge in [0, 0.05) is 17.8 Å². The van der Waals surface area contributed by atoms with Gasteiger partial charge in [0.1, 0.15) is 5.82 Å². The molecule has 2 heterocycles. The fourth-order valence-electron chi connectivity index (χ4n) is 2.10. The van der Waals surface area contributed by atoms with E-state index in [0.29, 0.717) is 5.56 Å². The van der Waals surface area contributed by atoms with Gasteiger partial charge in [0.05, 0.1) is 0 Å². The normalized spacial score (nSPS) is 12.7. The maximum atomic E-state index is 12.9. The van der Waals surface area contributed by atoms with Crippen LogP contribution in [0.2, 0.25) is 0 Å². The number of amides is 1. The summed E-state index contributed by atoms with van der Waals surface area (Å²) in [4.78, 5) is 15.6. The third-order valence-electron chi connectivity index (χ3n) is 3.04. The second-order valence-electron chi connectivity index (χ2n) is 4.35. The Hall–Kier alpha value is -2.43. The molecule has 96 valence electrons. The molecule has 0 fully saturated rings. The van der Waals surface area contributed by atoms with Gasteiger partial charge in [-0.2, -0.15) is 4.39 Å². The molecule has 0 spiro atoms. The molecule has 1 amide bonds. The van der Waals surface area contributed by atoms with Crippen LogP contribution < -0.4 is 10.6 Å². The lowest BCUT2D eigenvalue weighted by atomic mass is 10.1. The summed E-state index contributed by atoms with van der Waals surface area (Å²) in [5.41, 5.74) is 2.72. The van der Waals surface area contributed by atoms with Gasteiger partial charge in [0.15, 0.2) is 0 Å². The van der Waals surface area contributed by atoms with E-state index in [-0.39, 0.29) is 11.7 Å². The number of carbonyl (C=O) groups is 1. The van der Waals surface area contributed by atoms with Gasteiger partial charge in [0.25, 0.3) is 5.91 Å². The van der Waals surface area contributed by atoms with Gasteiger partial charge in [-0.05, 0) is 36.2 Å². The summed E-state index contributed by atoms with van der Waals surface area (Å²) in [6.07, 6.45) is 0.975. The smallest absolute Gasteiger partial charge is 0.256 e. The number of fused-ring (bicyclic) bond motifs is 1. The molecule has 2 N–H and O–H groups in total. The third-order valence-corrected chi connectivity index (χ3v) is 3.04. The van der Waals surface area contributed by atoms with Gasteiger partial charge in [0.2, 0.25) is 5.95 Å². The van der Waals surface area contributed by atoms with E-state index in [1.807, 2.05) is 6.07 Å². The van der Waals surface area contributed by atoms with Crippen LogP contribution in [0.5, 0.6) is 0 Å². The molecule has 1 aliphatic rings. The van der Waals surface area contributed by atoms with Crippen molar-refractivity contribution in [1.82, 2.24) is 4.98 Å². The van der Waals surface area contributed by atoms with E-state index in [1.165, 1.54) is 17.7 Å². The molecule has 1 aliphatic heterocycles. The molecule has 0 bridgehead atoms. The quantitative estimate of drug-likeness (QED) is 0.812. The first-order valence-electron chi connectivity index (χ1n) is 6.03. The molecular formula is C14H12FN3O. The molecule has 1 aromatic heterocycles. The summed E-state index contributed by atoms with van der Waals surface area (Å²) in [6, 6.07) is 9.78. The molecule has 4 nitrogen and oxygen atoms in total. The number of aromatic nitrogens is 1. The number of carbonyl (C=O) groups excluding carboxylic acids is 1. The Morgan fingerprint density at radius 1 is 1.32 bits per heavy atom. The second kappa shape index (κ2) is 4.68. The van der Waals surface area contributed by atoms with Crippen molar-refractivity contribution < 1.29 is 9.18 Å². The van der Waals surface area contributed by atoms with Crippen LogP contribution in [0.25, 0.3) is 0 Å². The first-order valence-corrected chi connectivity index (χ1v) is 6.03. The zero-order valence-corrected chi connectivity index (χ0v) is 10.1. The molecule has 0 saturated heterocycles. The minimum absolute atomic E-state index is 0.207. The van der Waals surface area contributed by atoms with Crippen molar-refractivity contribution in [3.63, 3.8) is 0 Å². The van der Waals surface area contributed by atoms with Gasteiger partial charge in [-0.25, -0.2) is 4.98 Å². The number of hydrogen-bond acceptors (Lipinski definition) is 3. The summed E-state index contributed by atoms with van der Waals surface area (Å²) in [7, 11) is 0. The van der Waals surface area contributed by atoms with Crippen LogP contribution in [0.15, 0.2) is 36.4 Å². The largest absolute Gasteiger partial charge is 0.384 e. The Morgan fingerprint density at radius 3 is 3.05 bits per heavy atom. The van der Waals surface area contributed by atoms with Crippen molar-refractivity contribution in [2.24, 2.45) is 0 Å². The lowest BCUT2D eigenvalue weighted by Crippen LogP contribution is -2.13. The van der Waals surface area contributed by atoms with E-state index >= 15 is 0 Å². The molecule has 0 atom stereocenters. The fourth-order valence-corrected chi connectivity index (χ4v) is 2.10. The van der Waals surface area contributed by atoms with Crippen molar-refractivity contribution >= 4 is 17.4 Å². The molecule has 5 heteroatoms. The zero-order chi connectivity index (χ0) is 13.2. The summed E-state index contributed by atoms with van der Waals surface area (Å²) in [5, 5.41) is 5.79. The Labute approximate surface area is 109 Å². The zero-order valence-electron chi connectivity index (χ0n) is 10.1. The highest BCUT2D eigenvalue weighted by atomic mass is 19.1. The Balaban J connectivity index is 1.81. The number of benzene rings is 1. The van der Waals surface area contributed by atoms with E-state index in [1.54, 1.807) is 18.2 Å². The van der Waals surface area contributed by atoms with Crippen LogP contribution in [-0.2, 0) is 6.42 Å². The van der Waals surface area contributed by atoms with E-state index in [0.717, 1.165) is 18.7 Å². The van der Waals surface area contributed by atoms with Crippen LogP contribution in [0.4, 0.5) is 15.9 Å². The van der Waals surface area contributed by atoms with Crippen LogP contribution in [0, 0.1) is 5.95 Å². The molecule has 2 aromatic rings. The number of nitrogens with zero attached hydrogens (tertiary/aromatic N) is 1. The summed E-state index contributed by atoms with van der Waals surface area (Å²) < 4.78 is 12.9. The van der Waals surface area contributed by atoms with E-state index in [2.05, 4.69) is 15.6 Å². The van der Waals surface area contributed by atoms with Crippen molar-refractivity contribution in [3.8, 4) is 0 Å². The first kappa shape index (κ1) is 11.6. The topological polar surface area (TPSA) is 54.0 Å². The maximum absolute atomic E-state index is 12.9. The van der Waals surface area contributed by atoms with Crippen molar-refractivity contribution in [2.75, 3.05) is 17.2 Å². The predicted molar refractivity (Wildman–Crippen MR) is 70.8 cm³/mol. The highest BCUT2D eigenvalue weighted by molar-refractivity contribution is 6.04. The Bertz CT molecular complexity index is 642. The number of rotatable bonds is 2. The van der Waals surface area contributed by atoms with Crippen LogP contribution in [0.1, 0.15) is 15.9 Å². The average molecular weight is 257 g/mol. The van der Waals surface area contributed by atoms with E-state index in [9.17, 15) is 9.18 Å². The lowest BCUT2D eigenvalue weighted by molar-refractivity contribution is 0.102. The molecule has 0 saturated carbocycles. The number of nitrogens with one attached hydrogen (secondary N) is 2. The second-order valence-corrected chi connectivity index (χ2v) is 4.35. The summed E-state index contributed by atoms with van der Waals surface area (Å²) in [6.45, 7) is 0.895.